The van der Waals surface area contributed by atoms with Crippen LogP contribution < -0.4 is 4.90 Å². The minimum atomic E-state index is -0.0493. The number of Topliss-reactive ketones (excluding diaryl/α,β-unsaturated/α-hetero) is 1. The first-order valence-electron chi connectivity index (χ1n) is 8.76. The fourth-order valence-corrected chi connectivity index (χ4v) is 3.81. The molecule has 0 bridgehead atoms. The molecule has 8 heteroatoms. The van der Waals surface area contributed by atoms with E-state index >= 15 is 0 Å². The number of carbonyl (C=O) groups is 2. The van der Waals surface area contributed by atoms with E-state index in [-0.39, 0.29) is 17.4 Å². The summed E-state index contributed by atoms with van der Waals surface area (Å²) in [5.74, 6) is 0.615. The number of nitrogens with zero attached hydrogens (tertiary/aromatic N) is 3. The topological polar surface area (TPSA) is 76.3 Å². The maximum absolute atomic E-state index is 12.4. The van der Waals surface area contributed by atoms with Crippen molar-refractivity contribution in [2.45, 2.75) is 18.1 Å². The lowest BCUT2D eigenvalue weighted by atomic mass is 10.1. The molecular formula is C20H16ClN3O3S. The first-order valence-corrected chi connectivity index (χ1v) is 10.1. The molecule has 1 fully saturated rings. The molecule has 1 saturated heterocycles. The Morgan fingerprint density at radius 1 is 1.18 bits per heavy atom. The molecule has 2 aromatic carbocycles. The molecular weight excluding hydrogens is 398 g/mol. The number of amides is 1. The summed E-state index contributed by atoms with van der Waals surface area (Å²) >= 11 is 7.16. The van der Waals surface area contributed by atoms with Gasteiger partial charge in [-0.2, -0.15) is 0 Å². The van der Waals surface area contributed by atoms with Gasteiger partial charge < -0.3 is 9.32 Å². The molecule has 2 heterocycles. The number of hydrogen-bond acceptors (Lipinski definition) is 6. The number of hydrogen-bond donors (Lipinski definition) is 0. The van der Waals surface area contributed by atoms with Crippen molar-refractivity contribution >= 4 is 40.7 Å². The van der Waals surface area contributed by atoms with E-state index in [0.717, 1.165) is 24.2 Å². The molecule has 1 aliphatic heterocycles. The molecule has 4 rings (SSSR count). The smallest absolute Gasteiger partial charge is 0.277 e. The molecule has 3 aromatic rings. The highest BCUT2D eigenvalue weighted by Gasteiger charge is 2.21. The average Bonchev–Trinajstić information content (AvgIpc) is 3.35. The summed E-state index contributed by atoms with van der Waals surface area (Å²) in [6, 6.07) is 14.2. The molecule has 1 amide bonds. The monoisotopic (exact) mass is 413 g/mol. The average molecular weight is 414 g/mol. The van der Waals surface area contributed by atoms with Crippen molar-refractivity contribution in [2.75, 3.05) is 17.2 Å². The second-order valence-corrected chi connectivity index (χ2v) is 7.65. The van der Waals surface area contributed by atoms with Crippen LogP contribution in [0.25, 0.3) is 11.5 Å². The number of benzene rings is 2. The van der Waals surface area contributed by atoms with Crippen LogP contribution in [0.15, 0.2) is 58.2 Å². The molecule has 142 valence electrons. The Bertz CT molecular complexity index is 1020. The first-order chi connectivity index (χ1) is 13.6. The highest BCUT2D eigenvalue weighted by molar-refractivity contribution is 7.99. The number of carbonyl (C=O) groups excluding carboxylic acids is 2. The Hall–Kier alpha value is -2.64. The lowest BCUT2D eigenvalue weighted by Crippen LogP contribution is -2.23. The fourth-order valence-electron chi connectivity index (χ4n) is 2.97. The highest BCUT2D eigenvalue weighted by atomic mass is 35.5. The summed E-state index contributed by atoms with van der Waals surface area (Å²) in [5, 5.41) is 8.87. The van der Waals surface area contributed by atoms with Crippen LogP contribution in [0.1, 0.15) is 23.2 Å². The van der Waals surface area contributed by atoms with Crippen molar-refractivity contribution < 1.29 is 14.0 Å². The molecule has 0 saturated carbocycles. The predicted octanol–water partition coefficient (Wildman–Crippen LogP) is 4.49. The summed E-state index contributed by atoms with van der Waals surface area (Å²) in [4.78, 5) is 26.0. The van der Waals surface area contributed by atoms with Crippen molar-refractivity contribution in [1.82, 2.24) is 10.2 Å². The van der Waals surface area contributed by atoms with Gasteiger partial charge in [-0.05, 0) is 48.9 Å². The molecule has 0 unspecified atom stereocenters. The van der Waals surface area contributed by atoms with Crippen molar-refractivity contribution in [3.05, 3.63) is 59.1 Å². The maximum Gasteiger partial charge on any atom is 0.277 e. The summed E-state index contributed by atoms with van der Waals surface area (Å²) < 4.78 is 5.60. The van der Waals surface area contributed by atoms with Gasteiger partial charge in [0.1, 0.15) is 0 Å². The molecule has 28 heavy (non-hydrogen) atoms. The second kappa shape index (κ2) is 8.16. The Morgan fingerprint density at radius 2 is 2.00 bits per heavy atom. The van der Waals surface area contributed by atoms with Crippen LogP contribution in [0.5, 0.6) is 0 Å². The summed E-state index contributed by atoms with van der Waals surface area (Å²) in [7, 11) is 0. The first kappa shape index (κ1) is 18.7. The zero-order valence-corrected chi connectivity index (χ0v) is 16.4. The van der Waals surface area contributed by atoms with Crippen LogP contribution in [0.3, 0.4) is 0 Å². The lowest BCUT2D eigenvalue weighted by molar-refractivity contribution is -0.117. The third-order valence-electron chi connectivity index (χ3n) is 4.38. The Labute approximate surface area is 170 Å². The SMILES string of the molecule is O=C(CSc1nnc(-c2cccc(Cl)c2)o1)c1ccc(N2CCCC2=O)cc1. The number of halogens is 1. The van der Waals surface area contributed by atoms with E-state index in [2.05, 4.69) is 10.2 Å². The van der Waals surface area contributed by atoms with E-state index in [0.29, 0.717) is 28.1 Å². The van der Waals surface area contributed by atoms with Gasteiger partial charge >= 0.3 is 0 Å². The van der Waals surface area contributed by atoms with Gasteiger partial charge in [-0.25, -0.2) is 0 Å². The third kappa shape index (κ3) is 4.10. The molecule has 0 spiro atoms. The molecule has 1 aliphatic rings. The van der Waals surface area contributed by atoms with Gasteiger partial charge in [-0.15, -0.1) is 10.2 Å². The largest absolute Gasteiger partial charge is 0.411 e. The lowest BCUT2D eigenvalue weighted by Gasteiger charge is -2.15. The minimum absolute atomic E-state index is 0.0493. The molecule has 6 nitrogen and oxygen atoms in total. The van der Waals surface area contributed by atoms with Crippen molar-refractivity contribution in [1.29, 1.82) is 0 Å². The van der Waals surface area contributed by atoms with Gasteiger partial charge in [0.05, 0.1) is 5.75 Å². The molecule has 0 atom stereocenters. The number of ketones is 1. The van der Waals surface area contributed by atoms with E-state index in [4.69, 9.17) is 16.0 Å². The van der Waals surface area contributed by atoms with E-state index in [1.807, 2.05) is 18.2 Å². The van der Waals surface area contributed by atoms with E-state index in [9.17, 15) is 9.59 Å². The Kier molecular flexibility index (Phi) is 5.45. The number of aromatic nitrogens is 2. The van der Waals surface area contributed by atoms with Gasteiger partial charge in [0, 0.05) is 34.8 Å². The molecule has 0 N–H and O–H groups in total. The molecule has 0 radical (unpaired) electrons. The van der Waals surface area contributed by atoms with E-state index in [1.54, 1.807) is 35.2 Å². The van der Waals surface area contributed by atoms with E-state index < -0.39 is 0 Å². The standard InChI is InChI=1S/C20H16ClN3O3S/c21-15-4-1-3-14(11-15)19-22-23-20(27-19)28-12-17(25)13-6-8-16(9-7-13)24-10-2-5-18(24)26/h1,3-4,6-9,11H,2,5,10,12H2. The predicted molar refractivity (Wildman–Crippen MR) is 108 cm³/mol. The molecule has 0 aliphatic carbocycles. The van der Waals surface area contributed by atoms with Gasteiger partial charge in [-0.1, -0.05) is 29.4 Å². The van der Waals surface area contributed by atoms with Crippen molar-refractivity contribution in [3.63, 3.8) is 0 Å². The molecule has 1 aromatic heterocycles. The number of anilines is 1. The normalized spacial score (nSPS) is 13.9. The van der Waals surface area contributed by atoms with Crippen molar-refractivity contribution in [2.24, 2.45) is 0 Å². The van der Waals surface area contributed by atoms with E-state index in [1.165, 1.54) is 11.8 Å². The van der Waals surface area contributed by atoms with Crippen LogP contribution >= 0.6 is 23.4 Å². The minimum Gasteiger partial charge on any atom is -0.411 e. The summed E-state index contributed by atoms with van der Waals surface area (Å²) in [6.07, 6.45) is 1.45. The van der Waals surface area contributed by atoms with Crippen molar-refractivity contribution in [3.8, 4) is 11.5 Å². The van der Waals surface area contributed by atoms with Crippen LogP contribution in [0.2, 0.25) is 5.02 Å². The second-order valence-electron chi connectivity index (χ2n) is 6.29. The van der Waals surface area contributed by atoms with Crippen LogP contribution in [0.4, 0.5) is 5.69 Å². The van der Waals surface area contributed by atoms with Crippen LogP contribution in [-0.4, -0.2) is 34.2 Å². The van der Waals surface area contributed by atoms with Gasteiger partial charge in [0.2, 0.25) is 11.8 Å². The van der Waals surface area contributed by atoms with Gasteiger partial charge in [0.15, 0.2) is 5.78 Å². The third-order valence-corrected chi connectivity index (χ3v) is 5.43. The highest BCUT2D eigenvalue weighted by Crippen LogP contribution is 2.26. The maximum atomic E-state index is 12.4. The Balaban J connectivity index is 1.37. The van der Waals surface area contributed by atoms with Gasteiger partial charge in [-0.3, -0.25) is 9.59 Å². The fraction of sp³-hybridized carbons (Fsp3) is 0.200. The van der Waals surface area contributed by atoms with Crippen LogP contribution in [-0.2, 0) is 4.79 Å². The van der Waals surface area contributed by atoms with Gasteiger partial charge in [0.25, 0.3) is 5.22 Å². The summed E-state index contributed by atoms with van der Waals surface area (Å²) in [5.41, 5.74) is 2.14. The quantitative estimate of drug-likeness (QED) is 0.437. The number of thioether (sulfide) groups is 1. The summed E-state index contributed by atoms with van der Waals surface area (Å²) in [6.45, 7) is 0.730. The Morgan fingerprint density at radius 3 is 2.71 bits per heavy atom. The zero-order valence-electron chi connectivity index (χ0n) is 14.8. The number of rotatable bonds is 6. The zero-order chi connectivity index (χ0) is 19.5. The van der Waals surface area contributed by atoms with Crippen LogP contribution in [0, 0.1) is 0 Å².